The minimum Gasteiger partial charge on any atom is -0.467 e. The van der Waals surface area contributed by atoms with E-state index in [4.69, 9.17) is 27.9 Å². The molecule has 0 aliphatic carbocycles. The van der Waals surface area contributed by atoms with Crippen LogP contribution in [0, 0.1) is 0 Å². The average molecular weight is 482 g/mol. The molecule has 1 N–H and O–H groups in total. The second-order valence-electron chi connectivity index (χ2n) is 7.56. The number of methoxy groups -OCH3 is 1. The van der Waals surface area contributed by atoms with Gasteiger partial charge in [-0.25, -0.2) is 9.97 Å². The predicted octanol–water partition coefficient (Wildman–Crippen LogP) is 4.24. The summed E-state index contributed by atoms with van der Waals surface area (Å²) in [5, 5.41) is 0.617. The molecule has 0 fully saturated rings. The van der Waals surface area contributed by atoms with Gasteiger partial charge in [0.25, 0.3) is 11.5 Å². The van der Waals surface area contributed by atoms with Gasteiger partial charge < -0.3 is 14.3 Å². The standard InChI is InChI=1S/C23H17Cl2N5O3/c1-29-11-15(7-17(25)22(29)32)30-20(12-3-5-14(24)6-4-12)19-16(21(30)31)8-18(28-19)13-9-26-23(33-2)27-10-13/h3-11,20,28H,1-2H3. The molecule has 0 spiro atoms. The zero-order chi connectivity index (χ0) is 23.3. The Morgan fingerprint density at radius 3 is 2.39 bits per heavy atom. The summed E-state index contributed by atoms with van der Waals surface area (Å²) in [6.45, 7) is 0. The van der Waals surface area contributed by atoms with E-state index in [0.717, 1.165) is 5.56 Å². The topological polar surface area (TPSA) is 93.1 Å². The molecule has 8 nitrogen and oxygen atoms in total. The molecule has 3 aromatic heterocycles. The van der Waals surface area contributed by atoms with E-state index < -0.39 is 6.04 Å². The van der Waals surface area contributed by atoms with Gasteiger partial charge in [-0.2, -0.15) is 0 Å². The number of nitrogens with one attached hydrogen (secondary N) is 1. The number of amides is 1. The van der Waals surface area contributed by atoms with E-state index in [1.807, 2.05) is 12.1 Å². The van der Waals surface area contributed by atoms with Crippen LogP contribution in [0.2, 0.25) is 10.0 Å². The third-order valence-electron chi connectivity index (χ3n) is 5.54. The molecule has 1 aliphatic rings. The molecule has 10 heteroatoms. The number of aromatic nitrogens is 4. The zero-order valence-corrected chi connectivity index (χ0v) is 19.1. The first-order valence-corrected chi connectivity index (χ1v) is 10.7. The molecule has 4 aromatic rings. The molecule has 1 amide bonds. The predicted molar refractivity (Wildman–Crippen MR) is 125 cm³/mol. The molecule has 166 valence electrons. The Balaban J connectivity index is 1.65. The molecule has 0 saturated heterocycles. The quantitative estimate of drug-likeness (QED) is 0.470. The summed E-state index contributed by atoms with van der Waals surface area (Å²) in [5.41, 5.74) is 3.64. The maximum absolute atomic E-state index is 13.6. The molecule has 4 heterocycles. The van der Waals surface area contributed by atoms with Crippen LogP contribution >= 0.6 is 23.2 Å². The van der Waals surface area contributed by atoms with Crippen molar-refractivity contribution in [2.45, 2.75) is 6.04 Å². The molecule has 0 saturated carbocycles. The van der Waals surface area contributed by atoms with Crippen molar-refractivity contribution in [1.29, 1.82) is 0 Å². The summed E-state index contributed by atoms with van der Waals surface area (Å²) in [7, 11) is 3.09. The number of aryl methyl sites for hydroxylation is 1. The van der Waals surface area contributed by atoms with Crippen LogP contribution in [0.4, 0.5) is 5.69 Å². The Kier molecular flexibility index (Phi) is 5.19. The molecular formula is C23H17Cl2N5O3. The number of carbonyl (C=O) groups is 1. The van der Waals surface area contributed by atoms with E-state index in [0.29, 0.717) is 33.2 Å². The van der Waals surface area contributed by atoms with Gasteiger partial charge in [-0.15, -0.1) is 0 Å². The lowest BCUT2D eigenvalue weighted by molar-refractivity contribution is 0.0993. The van der Waals surface area contributed by atoms with Crippen LogP contribution in [0.25, 0.3) is 11.3 Å². The fourth-order valence-corrected chi connectivity index (χ4v) is 4.34. The molecule has 1 aliphatic heterocycles. The monoisotopic (exact) mass is 481 g/mol. The summed E-state index contributed by atoms with van der Waals surface area (Å²) in [6.07, 6.45) is 4.84. The number of halogens is 2. The number of fused-ring (bicyclic) bond motifs is 1. The van der Waals surface area contributed by atoms with Gasteiger partial charge in [0.05, 0.1) is 24.1 Å². The van der Waals surface area contributed by atoms with Crippen LogP contribution in [0.15, 0.2) is 59.8 Å². The highest BCUT2D eigenvalue weighted by Gasteiger charge is 2.41. The van der Waals surface area contributed by atoms with Crippen molar-refractivity contribution in [3.8, 4) is 17.3 Å². The number of carbonyl (C=O) groups excluding carboxylic acids is 1. The van der Waals surface area contributed by atoms with Crippen LogP contribution in [0.5, 0.6) is 6.01 Å². The highest BCUT2D eigenvalue weighted by atomic mass is 35.5. The van der Waals surface area contributed by atoms with Gasteiger partial charge in [-0.05, 0) is 29.8 Å². The zero-order valence-electron chi connectivity index (χ0n) is 17.5. The number of nitrogens with zero attached hydrogens (tertiary/aromatic N) is 4. The second-order valence-corrected chi connectivity index (χ2v) is 8.40. The van der Waals surface area contributed by atoms with Crippen molar-refractivity contribution in [2.24, 2.45) is 7.05 Å². The molecule has 33 heavy (non-hydrogen) atoms. The number of aromatic amines is 1. The van der Waals surface area contributed by atoms with Gasteiger partial charge in [0.2, 0.25) is 0 Å². The van der Waals surface area contributed by atoms with Gasteiger partial charge in [0, 0.05) is 41.9 Å². The maximum atomic E-state index is 13.6. The van der Waals surface area contributed by atoms with Crippen molar-refractivity contribution >= 4 is 34.8 Å². The molecule has 5 rings (SSSR count). The summed E-state index contributed by atoms with van der Waals surface area (Å²) in [4.78, 5) is 39.0. The van der Waals surface area contributed by atoms with E-state index in [1.165, 1.54) is 17.7 Å². The molecular weight excluding hydrogens is 465 g/mol. The second kappa shape index (κ2) is 8.06. The van der Waals surface area contributed by atoms with Gasteiger partial charge in [-0.3, -0.25) is 14.5 Å². The third-order valence-corrected chi connectivity index (χ3v) is 6.06. The minimum atomic E-state index is -0.480. The first kappa shape index (κ1) is 21.2. The van der Waals surface area contributed by atoms with Crippen molar-refractivity contribution in [1.82, 2.24) is 19.5 Å². The Morgan fingerprint density at radius 1 is 1.06 bits per heavy atom. The minimum absolute atomic E-state index is 0.0317. The number of benzene rings is 1. The highest BCUT2D eigenvalue weighted by molar-refractivity contribution is 6.31. The Morgan fingerprint density at radius 2 is 1.76 bits per heavy atom. The van der Waals surface area contributed by atoms with Gasteiger partial charge >= 0.3 is 6.01 Å². The van der Waals surface area contributed by atoms with Gasteiger partial charge in [0.1, 0.15) is 11.1 Å². The SMILES string of the molecule is COc1ncc(-c2cc3c([nH]2)C(c2ccc(Cl)cc2)N(c2cc(Cl)c(=O)n(C)c2)C3=O)cn1. The molecule has 0 bridgehead atoms. The Hall–Kier alpha value is -3.62. The first-order chi connectivity index (χ1) is 15.9. The Labute approximate surface area is 198 Å². The van der Waals surface area contributed by atoms with Gasteiger partial charge in [0.15, 0.2) is 0 Å². The lowest BCUT2D eigenvalue weighted by Crippen LogP contribution is -2.30. The lowest BCUT2D eigenvalue weighted by atomic mass is 10.0. The molecule has 1 aromatic carbocycles. The average Bonchev–Trinajstić information content (AvgIpc) is 3.36. The number of pyridine rings is 1. The van der Waals surface area contributed by atoms with Crippen LogP contribution in [0.3, 0.4) is 0 Å². The lowest BCUT2D eigenvalue weighted by Gasteiger charge is -2.26. The number of hydrogen-bond acceptors (Lipinski definition) is 5. The number of ether oxygens (including phenoxy) is 1. The van der Waals surface area contributed by atoms with Crippen molar-refractivity contribution in [3.05, 3.63) is 92.2 Å². The number of anilines is 1. The summed E-state index contributed by atoms with van der Waals surface area (Å²) < 4.78 is 6.38. The fraction of sp³-hybridized carbons (Fsp3) is 0.130. The van der Waals surface area contributed by atoms with Crippen LogP contribution in [-0.4, -0.2) is 32.5 Å². The van der Waals surface area contributed by atoms with Crippen molar-refractivity contribution in [2.75, 3.05) is 12.0 Å². The number of H-pyrrole nitrogens is 1. The van der Waals surface area contributed by atoms with E-state index >= 15 is 0 Å². The normalized spacial score (nSPS) is 15.1. The van der Waals surface area contributed by atoms with E-state index in [9.17, 15) is 9.59 Å². The number of rotatable bonds is 4. The first-order valence-electron chi connectivity index (χ1n) is 9.92. The van der Waals surface area contributed by atoms with Crippen molar-refractivity contribution in [3.63, 3.8) is 0 Å². The Bertz CT molecular complexity index is 1400. The highest BCUT2D eigenvalue weighted by Crippen LogP contribution is 2.43. The summed E-state index contributed by atoms with van der Waals surface area (Å²) in [6, 6.07) is 10.3. The van der Waals surface area contributed by atoms with E-state index in [2.05, 4.69) is 15.0 Å². The summed E-state index contributed by atoms with van der Waals surface area (Å²) in [5.74, 6) is -0.225. The fourth-order valence-electron chi connectivity index (χ4n) is 3.97. The van der Waals surface area contributed by atoms with E-state index in [-0.39, 0.29) is 22.5 Å². The third kappa shape index (κ3) is 3.57. The largest absolute Gasteiger partial charge is 0.467 e. The van der Waals surface area contributed by atoms with Crippen LogP contribution in [0.1, 0.15) is 27.7 Å². The molecule has 0 radical (unpaired) electrons. The van der Waals surface area contributed by atoms with E-state index in [1.54, 1.807) is 48.7 Å². The van der Waals surface area contributed by atoms with Crippen LogP contribution in [-0.2, 0) is 7.05 Å². The maximum Gasteiger partial charge on any atom is 0.316 e. The van der Waals surface area contributed by atoms with Crippen LogP contribution < -0.4 is 15.2 Å². The number of hydrogen-bond donors (Lipinski definition) is 1. The molecule has 1 unspecified atom stereocenters. The smallest absolute Gasteiger partial charge is 0.316 e. The van der Waals surface area contributed by atoms with Gasteiger partial charge in [-0.1, -0.05) is 35.3 Å². The summed E-state index contributed by atoms with van der Waals surface area (Å²) >= 11 is 12.3. The molecule has 1 atom stereocenters. The van der Waals surface area contributed by atoms with Crippen molar-refractivity contribution < 1.29 is 9.53 Å².